The second-order valence-corrected chi connectivity index (χ2v) is 8.60. The smallest absolute Gasteiger partial charge is 0.274 e. The molecule has 2 aromatic heterocycles. The van der Waals surface area contributed by atoms with Gasteiger partial charge in [0.25, 0.3) is 5.91 Å². The van der Waals surface area contributed by atoms with E-state index in [0.717, 1.165) is 37.4 Å². The minimum atomic E-state index is -0.0182. The van der Waals surface area contributed by atoms with Gasteiger partial charge in [0, 0.05) is 38.5 Å². The lowest BCUT2D eigenvalue weighted by atomic mass is 9.99. The molecule has 2 aliphatic heterocycles. The number of aromatic nitrogens is 2. The summed E-state index contributed by atoms with van der Waals surface area (Å²) in [6.45, 7) is 3.44. The summed E-state index contributed by atoms with van der Waals surface area (Å²) in [5.74, 6) is -0.0182. The van der Waals surface area contributed by atoms with Crippen LogP contribution in [0.3, 0.4) is 0 Å². The highest BCUT2D eigenvalue weighted by atomic mass is 35.5. The molecule has 0 bridgehead atoms. The van der Waals surface area contributed by atoms with Gasteiger partial charge in [-0.05, 0) is 43.1 Å². The normalized spacial score (nSPS) is 18.9. The number of halogens is 1. The molecule has 30 heavy (non-hydrogen) atoms. The van der Waals surface area contributed by atoms with Crippen LogP contribution in [-0.4, -0.2) is 57.9 Å². The fraction of sp³-hybridized carbons (Fsp3) is 0.391. The van der Waals surface area contributed by atoms with Crippen molar-refractivity contribution in [3.8, 4) is 0 Å². The van der Waals surface area contributed by atoms with E-state index in [4.69, 9.17) is 21.3 Å². The Bertz CT molecular complexity index is 1090. The Labute approximate surface area is 181 Å². The molecule has 1 unspecified atom stereocenters. The molecule has 6 nitrogen and oxygen atoms in total. The second-order valence-electron chi connectivity index (χ2n) is 8.16. The molecule has 0 spiro atoms. The highest BCUT2D eigenvalue weighted by Crippen LogP contribution is 2.24. The second kappa shape index (κ2) is 8.02. The van der Waals surface area contributed by atoms with E-state index in [9.17, 15) is 4.79 Å². The van der Waals surface area contributed by atoms with Crippen LogP contribution in [0.25, 0.3) is 5.65 Å². The first-order valence-electron chi connectivity index (χ1n) is 10.4. The number of rotatable bonds is 4. The Kier molecular flexibility index (Phi) is 5.23. The summed E-state index contributed by atoms with van der Waals surface area (Å²) >= 11 is 6.27. The minimum Gasteiger partial charge on any atom is -0.380 e. The highest BCUT2D eigenvalue weighted by Gasteiger charge is 2.29. The zero-order chi connectivity index (χ0) is 20.7. The van der Waals surface area contributed by atoms with Crippen molar-refractivity contribution in [2.45, 2.75) is 32.0 Å². The predicted octanol–water partition coefficient (Wildman–Crippen LogP) is 3.41. The van der Waals surface area contributed by atoms with Gasteiger partial charge in [-0.3, -0.25) is 9.69 Å². The summed E-state index contributed by atoms with van der Waals surface area (Å²) < 4.78 is 7.51. The molecule has 5 rings (SSSR count). The summed E-state index contributed by atoms with van der Waals surface area (Å²) in [6.07, 6.45) is 3.72. The molecule has 0 aliphatic carbocycles. The third-order valence-electron chi connectivity index (χ3n) is 6.23. The van der Waals surface area contributed by atoms with E-state index < -0.39 is 0 Å². The Morgan fingerprint density at radius 3 is 2.90 bits per heavy atom. The lowest BCUT2D eigenvalue weighted by molar-refractivity contribution is 0.0726. The zero-order valence-corrected chi connectivity index (χ0v) is 17.8. The van der Waals surface area contributed by atoms with E-state index in [1.165, 1.54) is 11.1 Å². The summed E-state index contributed by atoms with van der Waals surface area (Å²) in [7, 11) is 2.08. The Hall–Kier alpha value is -2.41. The third-order valence-corrected chi connectivity index (χ3v) is 6.45. The van der Waals surface area contributed by atoms with Crippen LogP contribution >= 0.6 is 11.6 Å². The van der Waals surface area contributed by atoms with Gasteiger partial charge in [-0.1, -0.05) is 35.9 Å². The maximum Gasteiger partial charge on any atom is 0.274 e. The van der Waals surface area contributed by atoms with Crippen molar-refractivity contribution in [3.05, 3.63) is 70.1 Å². The van der Waals surface area contributed by atoms with Gasteiger partial charge in [-0.2, -0.15) is 0 Å². The molecule has 1 atom stereocenters. The average Bonchev–Trinajstić information content (AvgIpc) is 3.42. The molecule has 1 aromatic carbocycles. The number of nitrogens with zero attached hydrogens (tertiary/aromatic N) is 4. The van der Waals surface area contributed by atoms with E-state index in [2.05, 4.69) is 30.1 Å². The SMILES string of the molecule is CN(Cc1c(C(=O)N2CCc3ccccc3C2)nc2ccc(Cl)cn12)C1CCOC1. The number of benzene rings is 1. The molecule has 1 saturated heterocycles. The quantitative estimate of drug-likeness (QED) is 0.644. The molecule has 4 heterocycles. The fourth-order valence-corrected chi connectivity index (χ4v) is 4.60. The number of pyridine rings is 1. The topological polar surface area (TPSA) is 50.1 Å². The predicted molar refractivity (Wildman–Crippen MR) is 116 cm³/mol. The summed E-state index contributed by atoms with van der Waals surface area (Å²) in [6, 6.07) is 12.4. The molecule has 7 heteroatoms. The van der Waals surface area contributed by atoms with Crippen molar-refractivity contribution in [3.63, 3.8) is 0 Å². The van der Waals surface area contributed by atoms with Crippen LogP contribution in [0.4, 0.5) is 0 Å². The van der Waals surface area contributed by atoms with Crippen molar-refractivity contribution in [1.29, 1.82) is 0 Å². The Balaban J connectivity index is 1.49. The first-order chi connectivity index (χ1) is 14.6. The molecule has 1 fully saturated rings. The van der Waals surface area contributed by atoms with Crippen molar-refractivity contribution >= 4 is 23.2 Å². The van der Waals surface area contributed by atoms with Gasteiger partial charge < -0.3 is 14.0 Å². The third kappa shape index (κ3) is 3.60. The van der Waals surface area contributed by atoms with Gasteiger partial charge in [0.2, 0.25) is 0 Å². The number of likely N-dealkylation sites (N-methyl/N-ethyl adjacent to an activating group) is 1. The summed E-state index contributed by atoms with van der Waals surface area (Å²) in [4.78, 5) is 22.4. The molecule has 156 valence electrons. The van der Waals surface area contributed by atoms with Crippen molar-refractivity contribution in [1.82, 2.24) is 19.2 Å². The van der Waals surface area contributed by atoms with Gasteiger partial charge in [-0.25, -0.2) is 4.98 Å². The van der Waals surface area contributed by atoms with Crippen LogP contribution in [0, 0.1) is 0 Å². The van der Waals surface area contributed by atoms with Crippen LogP contribution in [-0.2, 0) is 24.2 Å². The van der Waals surface area contributed by atoms with Crippen molar-refractivity contribution < 1.29 is 9.53 Å². The average molecular weight is 425 g/mol. The molecular formula is C23H25ClN4O2. The van der Waals surface area contributed by atoms with E-state index >= 15 is 0 Å². The first kappa shape index (κ1) is 19.5. The molecular weight excluding hydrogens is 400 g/mol. The van der Waals surface area contributed by atoms with Gasteiger partial charge in [-0.15, -0.1) is 0 Å². The van der Waals surface area contributed by atoms with Crippen LogP contribution in [0.15, 0.2) is 42.6 Å². The molecule has 3 aromatic rings. The maximum absolute atomic E-state index is 13.6. The van der Waals surface area contributed by atoms with Gasteiger partial charge >= 0.3 is 0 Å². The Morgan fingerprint density at radius 1 is 1.27 bits per heavy atom. The van der Waals surface area contributed by atoms with E-state index in [0.29, 0.717) is 36.4 Å². The highest BCUT2D eigenvalue weighted by molar-refractivity contribution is 6.30. The standard InChI is InChI=1S/C23H25ClN4O2/c1-26(19-9-11-30-15-19)14-20-22(25-21-7-6-18(24)13-28(20)21)23(29)27-10-8-16-4-2-3-5-17(16)12-27/h2-7,13,19H,8-12,14-15H2,1H3. The van der Waals surface area contributed by atoms with Crippen LogP contribution in [0.1, 0.15) is 33.7 Å². The Morgan fingerprint density at radius 2 is 2.10 bits per heavy atom. The molecule has 1 amide bonds. The van der Waals surface area contributed by atoms with Crippen LogP contribution in [0.2, 0.25) is 5.02 Å². The van der Waals surface area contributed by atoms with Crippen molar-refractivity contribution in [2.24, 2.45) is 0 Å². The van der Waals surface area contributed by atoms with Gasteiger partial charge in [0.05, 0.1) is 17.3 Å². The van der Waals surface area contributed by atoms with Crippen LogP contribution in [0.5, 0.6) is 0 Å². The molecule has 0 saturated carbocycles. The number of amides is 1. The summed E-state index contributed by atoms with van der Waals surface area (Å²) in [5.41, 5.74) is 4.68. The molecule has 0 N–H and O–H groups in total. The van der Waals surface area contributed by atoms with E-state index in [1.807, 2.05) is 33.7 Å². The number of carbonyl (C=O) groups is 1. The fourth-order valence-electron chi connectivity index (χ4n) is 4.44. The first-order valence-corrected chi connectivity index (χ1v) is 10.8. The van der Waals surface area contributed by atoms with Crippen LogP contribution < -0.4 is 0 Å². The zero-order valence-electron chi connectivity index (χ0n) is 17.1. The number of ether oxygens (including phenoxy) is 1. The molecule has 2 aliphatic rings. The van der Waals surface area contributed by atoms with Gasteiger partial charge in [0.1, 0.15) is 5.65 Å². The van der Waals surface area contributed by atoms with Gasteiger partial charge in [0.15, 0.2) is 5.69 Å². The molecule has 0 radical (unpaired) electrons. The lowest BCUT2D eigenvalue weighted by Crippen LogP contribution is -2.37. The minimum absolute atomic E-state index is 0.0182. The maximum atomic E-state index is 13.6. The number of fused-ring (bicyclic) bond motifs is 2. The number of hydrogen-bond acceptors (Lipinski definition) is 4. The van der Waals surface area contributed by atoms with E-state index in [1.54, 1.807) is 0 Å². The number of carbonyl (C=O) groups excluding carboxylic acids is 1. The summed E-state index contributed by atoms with van der Waals surface area (Å²) in [5, 5.41) is 0.624. The van der Waals surface area contributed by atoms with E-state index in [-0.39, 0.29) is 5.91 Å². The number of hydrogen-bond donors (Lipinski definition) is 0. The lowest BCUT2D eigenvalue weighted by Gasteiger charge is -2.29. The number of imidazole rings is 1. The monoisotopic (exact) mass is 424 g/mol. The van der Waals surface area contributed by atoms with Crippen molar-refractivity contribution in [2.75, 3.05) is 26.8 Å². The largest absolute Gasteiger partial charge is 0.380 e.